The molecule has 2 atom stereocenters. The molecule has 3 aliphatic heterocycles. The van der Waals surface area contributed by atoms with Crippen LogP contribution in [0.1, 0.15) is 51.0 Å². The van der Waals surface area contributed by atoms with Gasteiger partial charge in [0.1, 0.15) is 0 Å². The number of hydrogen-bond donors (Lipinski definition) is 0. The Morgan fingerprint density at radius 3 is 2.24 bits per heavy atom. The summed E-state index contributed by atoms with van der Waals surface area (Å²) in [5, 5.41) is 0. The lowest BCUT2D eigenvalue weighted by atomic mass is 9.82. The quantitative estimate of drug-likeness (QED) is 0.594. The zero-order valence-corrected chi connectivity index (χ0v) is 20.8. The molecule has 0 N–H and O–H groups in total. The van der Waals surface area contributed by atoms with Gasteiger partial charge in [-0.2, -0.15) is 0 Å². The van der Waals surface area contributed by atoms with E-state index in [-0.39, 0.29) is 5.91 Å². The van der Waals surface area contributed by atoms with Gasteiger partial charge in [-0.15, -0.1) is 0 Å². The van der Waals surface area contributed by atoms with E-state index in [0.717, 1.165) is 31.5 Å². The highest BCUT2D eigenvalue weighted by Gasteiger charge is 2.41. The Kier molecular flexibility index (Phi) is 8.02. The van der Waals surface area contributed by atoms with Gasteiger partial charge in [0.2, 0.25) is 11.7 Å². The van der Waals surface area contributed by atoms with Crippen LogP contribution < -0.4 is 14.2 Å². The van der Waals surface area contributed by atoms with E-state index < -0.39 is 0 Å². The fourth-order valence-corrected chi connectivity index (χ4v) is 6.16. The van der Waals surface area contributed by atoms with Crippen molar-refractivity contribution in [3.8, 4) is 17.2 Å². The van der Waals surface area contributed by atoms with E-state index in [0.29, 0.717) is 48.2 Å². The Morgan fingerprint density at radius 1 is 0.939 bits per heavy atom. The lowest BCUT2D eigenvalue weighted by molar-refractivity contribution is -0.142. The summed E-state index contributed by atoms with van der Waals surface area (Å²) in [5.74, 6) is 2.69. The Bertz CT molecular complexity index is 784. The van der Waals surface area contributed by atoms with Crippen LogP contribution in [-0.4, -0.2) is 86.7 Å². The topological polar surface area (TPSA) is 54.5 Å². The first-order valence-corrected chi connectivity index (χ1v) is 12.6. The molecule has 0 radical (unpaired) electrons. The smallest absolute Gasteiger partial charge is 0.223 e. The van der Waals surface area contributed by atoms with E-state index in [4.69, 9.17) is 14.2 Å². The van der Waals surface area contributed by atoms with Crippen molar-refractivity contribution in [1.82, 2.24) is 14.7 Å². The third kappa shape index (κ3) is 5.24. The third-order valence-electron chi connectivity index (χ3n) is 7.87. The summed E-state index contributed by atoms with van der Waals surface area (Å²) in [4.78, 5) is 20.5. The van der Waals surface area contributed by atoms with Crippen LogP contribution >= 0.6 is 0 Å². The fourth-order valence-electron chi connectivity index (χ4n) is 6.16. The first-order valence-electron chi connectivity index (χ1n) is 12.6. The standard InChI is InChI=1S/C26H41N3O4/c1-5-11-27-12-8-21(9-13-27)28-14-10-22-20(18-28)6-7-25(30)29(22)17-19-15-23(31-2)26(33-4)24(16-19)32-3/h15-16,20-22H,5-14,17-18H2,1-4H3/t20-,22+/m1/s1. The maximum absolute atomic E-state index is 13.0. The number of methoxy groups -OCH3 is 3. The van der Waals surface area contributed by atoms with Gasteiger partial charge in [-0.25, -0.2) is 0 Å². The number of hydrogen-bond acceptors (Lipinski definition) is 6. The van der Waals surface area contributed by atoms with E-state index in [1.807, 2.05) is 12.1 Å². The Labute approximate surface area is 198 Å². The number of fused-ring (bicyclic) bond motifs is 1. The lowest BCUT2D eigenvalue weighted by Gasteiger charge is -2.50. The predicted octanol–water partition coefficient (Wildman–Crippen LogP) is 3.40. The molecule has 7 heteroatoms. The average molecular weight is 460 g/mol. The van der Waals surface area contributed by atoms with Crippen LogP contribution in [-0.2, 0) is 11.3 Å². The molecular weight excluding hydrogens is 418 g/mol. The molecule has 33 heavy (non-hydrogen) atoms. The molecule has 3 fully saturated rings. The largest absolute Gasteiger partial charge is 0.493 e. The summed E-state index contributed by atoms with van der Waals surface area (Å²) in [6, 6.07) is 4.97. The number of carbonyl (C=O) groups excluding carboxylic acids is 1. The molecule has 1 aromatic rings. The second-order valence-electron chi connectivity index (χ2n) is 9.78. The van der Waals surface area contributed by atoms with Gasteiger partial charge in [0, 0.05) is 38.1 Å². The molecule has 3 heterocycles. The van der Waals surface area contributed by atoms with Crippen LogP contribution in [0.25, 0.3) is 0 Å². The molecule has 1 amide bonds. The van der Waals surface area contributed by atoms with Crippen molar-refractivity contribution in [2.45, 2.75) is 64.1 Å². The van der Waals surface area contributed by atoms with Gasteiger partial charge < -0.3 is 24.0 Å². The number of ether oxygens (including phenoxy) is 3. The minimum atomic E-state index is 0.270. The lowest BCUT2D eigenvalue weighted by Crippen LogP contribution is -2.58. The van der Waals surface area contributed by atoms with Crippen molar-refractivity contribution < 1.29 is 19.0 Å². The number of piperidine rings is 3. The highest BCUT2D eigenvalue weighted by atomic mass is 16.5. The number of rotatable bonds is 8. The van der Waals surface area contributed by atoms with Gasteiger partial charge >= 0.3 is 0 Å². The summed E-state index contributed by atoms with van der Waals surface area (Å²) in [6.45, 7) is 8.77. The van der Waals surface area contributed by atoms with Gasteiger partial charge in [-0.05, 0) is 75.4 Å². The van der Waals surface area contributed by atoms with E-state index >= 15 is 0 Å². The maximum Gasteiger partial charge on any atom is 0.223 e. The average Bonchev–Trinajstić information content (AvgIpc) is 2.85. The molecule has 184 valence electrons. The van der Waals surface area contributed by atoms with Crippen LogP contribution in [0.3, 0.4) is 0 Å². The summed E-state index contributed by atoms with van der Waals surface area (Å²) in [5.41, 5.74) is 1.02. The first kappa shape index (κ1) is 24.1. The monoisotopic (exact) mass is 459 g/mol. The summed E-state index contributed by atoms with van der Waals surface area (Å²) in [6.07, 6.45) is 6.54. The third-order valence-corrected chi connectivity index (χ3v) is 7.87. The number of nitrogens with zero attached hydrogens (tertiary/aromatic N) is 3. The van der Waals surface area contributed by atoms with Gasteiger partial charge in [0.15, 0.2) is 11.5 Å². The van der Waals surface area contributed by atoms with Gasteiger partial charge in [0.25, 0.3) is 0 Å². The summed E-state index contributed by atoms with van der Waals surface area (Å²) in [7, 11) is 4.87. The van der Waals surface area contributed by atoms with Crippen LogP contribution in [0.5, 0.6) is 17.2 Å². The first-order chi connectivity index (χ1) is 16.1. The molecule has 0 aromatic heterocycles. The molecule has 0 aliphatic carbocycles. The fraction of sp³-hybridized carbons (Fsp3) is 0.731. The number of likely N-dealkylation sites (tertiary alicyclic amines) is 3. The van der Waals surface area contributed by atoms with Crippen LogP contribution in [0.15, 0.2) is 12.1 Å². The molecule has 0 saturated carbocycles. The maximum atomic E-state index is 13.0. The highest BCUT2D eigenvalue weighted by molar-refractivity contribution is 5.77. The minimum Gasteiger partial charge on any atom is -0.493 e. The zero-order valence-electron chi connectivity index (χ0n) is 20.8. The van der Waals surface area contributed by atoms with Crippen molar-refractivity contribution in [3.63, 3.8) is 0 Å². The van der Waals surface area contributed by atoms with Crippen molar-refractivity contribution in [2.75, 3.05) is 54.1 Å². The Morgan fingerprint density at radius 2 is 1.64 bits per heavy atom. The van der Waals surface area contributed by atoms with E-state index in [1.54, 1.807) is 21.3 Å². The van der Waals surface area contributed by atoms with Gasteiger partial charge in [-0.3, -0.25) is 9.69 Å². The molecule has 4 rings (SSSR count). The zero-order chi connectivity index (χ0) is 23.4. The highest BCUT2D eigenvalue weighted by Crippen LogP contribution is 2.40. The van der Waals surface area contributed by atoms with Crippen molar-refractivity contribution in [3.05, 3.63) is 17.7 Å². The Hall–Kier alpha value is -1.99. The van der Waals surface area contributed by atoms with E-state index in [9.17, 15) is 4.79 Å². The predicted molar refractivity (Wildman–Crippen MR) is 129 cm³/mol. The van der Waals surface area contributed by atoms with Crippen LogP contribution in [0, 0.1) is 5.92 Å². The minimum absolute atomic E-state index is 0.270. The molecule has 0 spiro atoms. The van der Waals surface area contributed by atoms with Gasteiger partial charge in [-0.1, -0.05) is 6.92 Å². The number of carbonyl (C=O) groups is 1. The van der Waals surface area contributed by atoms with Crippen LogP contribution in [0.4, 0.5) is 0 Å². The van der Waals surface area contributed by atoms with Gasteiger partial charge in [0.05, 0.1) is 21.3 Å². The summed E-state index contributed by atoms with van der Waals surface area (Å²) >= 11 is 0. The van der Waals surface area contributed by atoms with Crippen molar-refractivity contribution in [1.29, 1.82) is 0 Å². The molecule has 3 aliphatic rings. The Balaban J connectivity index is 1.43. The van der Waals surface area contributed by atoms with E-state index in [2.05, 4.69) is 21.6 Å². The SMILES string of the molecule is CCCN1CCC(N2CC[C@H]3[C@H](CCC(=O)N3Cc3cc(OC)c(OC)c(OC)c3)C2)CC1. The number of amides is 1. The molecule has 1 aromatic carbocycles. The summed E-state index contributed by atoms with van der Waals surface area (Å²) < 4.78 is 16.5. The van der Waals surface area contributed by atoms with E-state index in [1.165, 1.54) is 38.9 Å². The second-order valence-corrected chi connectivity index (χ2v) is 9.78. The second kappa shape index (κ2) is 11.0. The molecule has 7 nitrogen and oxygen atoms in total. The molecule has 0 bridgehead atoms. The normalized spacial score (nSPS) is 25.1. The molecular formula is C26H41N3O4. The van der Waals surface area contributed by atoms with Crippen molar-refractivity contribution in [2.24, 2.45) is 5.92 Å². The number of benzene rings is 1. The van der Waals surface area contributed by atoms with Crippen molar-refractivity contribution >= 4 is 5.91 Å². The molecule has 0 unspecified atom stereocenters. The van der Waals surface area contributed by atoms with Crippen LogP contribution in [0.2, 0.25) is 0 Å². The molecule has 3 saturated heterocycles.